The molecular weight excluding hydrogens is 268 g/mol. The fourth-order valence-electron chi connectivity index (χ4n) is 2.05. The maximum Gasteiger partial charge on any atom is 0.235 e. The minimum atomic E-state index is -0.121. The summed E-state index contributed by atoms with van der Waals surface area (Å²) in [5.74, 6) is 0.192. The lowest BCUT2D eigenvalue weighted by atomic mass is 10.3. The molecule has 0 spiro atoms. The molecule has 5 heteroatoms. The highest BCUT2D eigenvalue weighted by Gasteiger charge is 2.24. The van der Waals surface area contributed by atoms with Gasteiger partial charge in [-0.3, -0.25) is 4.79 Å². The average Bonchev–Trinajstić information content (AvgIpc) is 2.86. The zero-order chi connectivity index (χ0) is 13.1. The number of carbonyl (C=O) groups is 1. The van der Waals surface area contributed by atoms with E-state index in [1.165, 1.54) is 11.8 Å². The summed E-state index contributed by atoms with van der Waals surface area (Å²) in [6.07, 6.45) is 2.23. The van der Waals surface area contributed by atoms with Crippen LogP contribution in [-0.2, 0) is 4.79 Å². The molecule has 0 bridgehead atoms. The summed E-state index contributed by atoms with van der Waals surface area (Å²) in [6.45, 7) is 3.69. The summed E-state index contributed by atoms with van der Waals surface area (Å²) in [5, 5.41) is 0.524. The van der Waals surface area contributed by atoms with Crippen LogP contribution in [0, 0.1) is 0 Å². The number of carbonyl (C=O) groups excluding carboxylic acids is 1. The standard InChI is InChI=1S/C13H17ClN2OS/c1-9(13(17)16-6-2-3-7-16)18-12-8-10(14)4-5-11(12)15/h4-5,8-9H,2-3,6-7,15H2,1H3. The number of anilines is 1. The Morgan fingerprint density at radius 2 is 2.11 bits per heavy atom. The topological polar surface area (TPSA) is 46.3 Å². The molecule has 2 rings (SSSR count). The van der Waals surface area contributed by atoms with Crippen molar-refractivity contribution in [1.82, 2.24) is 4.90 Å². The van der Waals surface area contributed by atoms with Gasteiger partial charge in [-0.15, -0.1) is 11.8 Å². The number of likely N-dealkylation sites (tertiary alicyclic amines) is 1. The van der Waals surface area contributed by atoms with Crippen LogP contribution in [0.2, 0.25) is 5.02 Å². The van der Waals surface area contributed by atoms with Crippen molar-refractivity contribution in [3.63, 3.8) is 0 Å². The highest BCUT2D eigenvalue weighted by Crippen LogP contribution is 2.32. The van der Waals surface area contributed by atoms with Crippen LogP contribution >= 0.6 is 23.4 Å². The average molecular weight is 285 g/mol. The van der Waals surface area contributed by atoms with Crippen molar-refractivity contribution < 1.29 is 4.79 Å². The van der Waals surface area contributed by atoms with E-state index in [4.69, 9.17) is 17.3 Å². The van der Waals surface area contributed by atoms with E-state index >= 15 is 0 Å². The SMILES string of the molecule is CC(Sc1cc(Cl)ccc1N)C(=O)N1CCCC1. The van der Waals surface area contributed by atoms with Gasteiger partial charge in [0.05, 0.1) is 5.25 Å². The zero-order valence-corrected chi connectivity index (χ0v) is 11.9. The van der Waals surface area contributed by atoms with Crippen molar-refractivity contribution in [3.05, 3.63) is 23.2 Å². The van der Waals surface area contributed by atoms with Crippen molar-refractivity contribution in [1.29, 1.82) is 0 Å². The zero-order valence-electron chi connectivity index (χ0n) is 10.4. The maximum atomic E-state index is 12.2. The van der Waals surface area contributed by atoms with E-state index in [2.05, 4.69) is 0 Å². The third-order valence-electron chi connectivity index (χ3n) is 3.04. The Labute approximate surface area is 117 Å². The van der Waals surface area contributed by atoms with Crippen LogP contribution in [0.25, 0.3) is 0 Å². The van der Waals surface area contributed by atoms with Crippen LogP contribution in [0.1, 0.15) is 19.8 Å². The third-order valence-corrected chi connectivity index (χ3v) is 4.44. The number of nitrogens with zero attached hydrogens (tertiary/aromatic N) is 1. The number of halogens is 1. The third kappa shape index (κ3) is 3.12. The van der Waals surface area contributed by atoms with Gasteiger partial charge in [0.2, 0.25) is 5.91 Å². The van der Waals surface area contributed by atoms with Gasteiger partial charge in [0.25, 0.3) is 0 Å². The molecule has 1 fully saturated rings. The Bertz CT molecular complexity index is 447. The molecule has 1 aliphatic heterocycles. The van der Waals surface area contributed by atoms with E-state index in [9.17, 15) is 4.79 Å². The Morgan fingerprint density at radius 1 is 1.44 bits per heavy atom. The number of hydrogen-bond acceptors (Lipinski definition) is 3. The Balaban J connectivity index is 2.03. The number of amides is 1. The quantitative estimate of drug-likeness (QED) is 0.685. The van der Waals surface area contributed by atoms with Gasteiger partial charge in [0, 0.05) is 28.7 Å². The van der Waals surface area contributed by atoms with Crippen molar-refractivity contribution in [3.8, 4) is 0 Å². The molecule has 1 atom stereocenters. The Kier molecular flexibility index (Phi) is 4.40. The second kappa shape index (κ2) is 5.85. The van der Waals surface area contributed by atoms with Crippen molar-refractivity contribution in [2.45, 2.75) is 29.9 Å². The van der Waals surface area contributed by atoms with Crippen LogP contribution in [0.4, 0.5) is 5.69 Å². The maximum absolute atomic E-state index is 12.2. The minimum Gasteiger partial charge on any atom is -0.398 e. The molecular formula is C13H17ClN2OS. The lowest BCUT2D eigenvalue weighted by molar-refractivity contribution is -0.129. The van der Waals surface area contributed by atoms with Crippen molar-refractivity contribution >= 4 is 35.0 Å². The van der Waals surface area contributed by atoms with E-state index in [0.717, 1.165) is 30.8 Å². The fraction of sp³-hybridized carbons (Fsp3) is 0.462. The lowest BCUT2D eigenvalue weighted by Crippen LogP contribution is -2.34. The van der Waals surface area contributed by atoms with Crippen LogP contribution in [0.5, 0.6) is 0 Å². The van der Waals surface area contributed by atoms with Gasteiger partial charge in [0.1, 0.15) is 0 Å². The molecule has 1 aliphatic rings. The second-order valence-electron chi connectivity index (χ2n) is 4.47. The molecule has 2 N–H and O–H groups in total. The Morgan fingerprint density at radius 3 is 2.78 bits per heavy atom. The predicted molar refractivity (Wildman–Crippen MR) is 77.0 cm³/mol. The number of nitrogen functional groups attached to an aromatic ring is 1. The van der Waals surface area contributed by atoms with Gasteiger partial charge in [0.15, 0.2) is 0 Å². The molecule has 1 heterocycles. The molecule has 18 heavy (non-hydrogen) atoms. The van der Waals surface area contributed by atoms with E-state index < -0.39 is 0 Å². The van der Waals surface area contributed by atoms with E-state index in [0.29, 0.717) is 10.7 Å². The highest BCUT2D eigenvalue weighted by atomic mass is 35.5. The number of nitrogens with two attached hydrogens (primary N) is 1. The first-order chi connectivity index (χ1) is 8.58. The van der Waals surface area contributed by atoms with Crippen LogP contribution in [-0.4, -0.2) is 29.1 Å². The first kappa shape index (κ1) is 13.6. The normalized spacial score (nSPS) is 16.9. The monoisotopic (exact) mass is 284 g/mol. The molecule has 0 saturated carbocycles. The van der Waals surface area contributed by atoms with E-state index in [1.54, 1.807) is 12.1 Å². The molecule has 98 valence electrons. The molecule has 3 nitrogen and oxygen atoms in total. The lowest BCUT2D eigenvalue weighted by Gasteiger charge is -2.20. The van der Waals surface area contributed by atoms with Gasteiger partial charge in [-0.1, -0.05) is 11.6 Å². The smallest absolute Gasteiger partial charge is 0.235 e. The first-order valence-electron chi connectivity index (χ1n) is 6.08. The van der Waals surface area contributed by atoms with E-state index in [1.807, 2.05) is 17.9 Å². The van der Waals surface area contributed by atoms with Gasteiger partial charge in [-0.25, -0.2) is 0 Å². The number of benzene rings is 1. The van der Waals surface area contributed by atoms with Gasteiger partial charge >= 0.3 is 0 Å². The number of thioether (sulfide) groups is 1. The van der Waals surface area contributed by atoms with E-state index in [-0.39, 0.29) is 11.2 Å². The van der Waals surface area contributed by atoms with Crippen molar-refractivity contribution in [2.24, 2.45) is 0 Å². The van der Waals surface area contributed by atoms with Gasteiger partial charge < -0.3 is 10.6 Å². The van der Waals surface area contributed by atoms with Gasteiger partial charge in [-0.05, 0) is 38.0 Å². The second-order valence-corrected chi connectivity index (χ2v) is 6.29. The summed E-state index contributed by atoms with van der Waals surface area (Å²) in [6, 6.07) is 5.35. The summed E-state index contributed by atoms with van der Waals surface area (Å²) in [7, 11) is 0. The minimum absolute atomic E-state index is 0.121. The summed E-state index contributed by atoms with van der Waals surface area (Å²) >= 11 is 7.42. The van der Waals surface area contributed by atoms with Crippen molar-refractivity contribution in [2.75, 3.05) is 18.8 Å². The van der Waals surface area contributed by atoms with Crippen LogP contribution in [0.3, 0.4) is 0 Å². The summed E-state index contributed by atoms with van der Waals surface area (Å²) in [4.78, 5) is 15.0. The molecule has 0 radical (unpaired) electrons. The Hall–Kier alpha value is -0.870. The summed E-state index contributed by atoms with van der Waals surface area (Å²) in [5.41, 5.74) is 6.56. The van der Waals surface area contributed by atoms with Crippen LogP contribution < -0.4 is 5.73 Å². The van der Waals surface area contributed by atoms with Gasteiger partial charge in [-0.2, -0.15) is 0 Å². The predicted octanol–water partition coefficient (Wildman–Crippen LogP) is 3.03. The first-order valence-corrected chi connectivity index (χ1v) is 7.34. The van der Waals surface area contributed by atoms with Crippen LogP contribution in [0.15, 0.2) is 23.1 Å². The molecule has 0 aliphatic carbocycles. The number of hydrogen-bond donors (Lipinski definition) is 1. The highest BCUT2D eigenvalue weighted by molar-refractivity contribution is 8.00. The molecule has 1 aromatic rings. The molecule has 1 amide bonds. The molecule has 1 unspecified atom stereocenters. The fourth-order valence-corrected chi connectivity index (χ4v) is 3.31. The molecule has 0 aromatic heterocycles. The largest absolute Gasteiger partial charge is 0.398 e. The molecule has 1 aromatic carbocycles. The summed E-state index contributed by atoms with van der Waals surface area (Å²) < 4.78 is 0. The molecule has 1 saturated heterocycles. The number of rotatable bonds is 3.